The highest BCUT2D eigenvalue weighted by atomic mass is 32.1. The number of thiophene rings is 1. The number of aromatic hydroxyl groups is 1. The van der Waals surface area contributed by atoms with Crippen molar-refractivity contribution in [1.29, 1.82) is 0 Å². The topological polar surface area (TPSA) is 66.5 Å². The fourth-order valence-electron chi connectivity index (χ4n) is 1.39. The molecule has 0 spiro atoms. The van der Waals surface area contributed by atoms with Crippen molar-refractivity contribution in [3.8, 4) is 5.75 Å². The smallest absolute Gasteiger partial charge is 0.139 e. The standard InChI is InChI=1S/C10H11NO2S/c11-7(5-12)10-9(13)6-3-1-2-4-8(6)14-10/h1-4,7,12-13H,5,11H2. The summed E-state index contributed by atoms with van der Waals surface area (Å²) in [5.74, 6) is 0.201. The summed E-state index contributed by atoms with van der Waals surface area (Å²) in [6.45, 7) is -0.152. The number of aliphatic hydroxyl groups excluding tert-OH is 1. The van der Waals surface area contributed by atoms with Gasteiger partial charge in [0.15, 0.2) is 0 Å². The van der Waals surface area contributed by atoms with Crippen LogP contribution in [0.5, 0.6) is 5.75 Å². The van der Waals surface area contributed by atoms with Gasteiger partial charge in [0.1, 0.15) is 5.75 Å². The number of hydrogen-bond acceptors (Lipinski definition) is 4. The number of rotatable bonds is 2. The first-order chi connectivity index (χ1) is 6.74. The van der Waals surface area contributed by atoms with Crippen LogP contribution >= 0.6 is 11.3 Å². The van der Waals surface area contributed by atoms with Crippen LogP contribution in [0.25, 0.3) is 10.1 Å². The zero-order valence-corrected chi connectivity index (χ0v) is 8.29. The maximum atomic E-state index is 9.81. The van der Waals surface area contributed by atoms with E-state index in [1.54, 1.807) is 0 Å². The number of hydrogen-bond donors (Lipinski definition) is 3. The first-order valence-corrected chi connectivity index (χ1v) is 5.12. The summed E-state index contributed by atoms with van der Waals surface area (Å²) >= 11 is 1.42. The molecule has 1 heterocycles. The molecule has 1 atom stereocenters. The zero-order valence-electron chi connectivity index (χ0n) is 7.47. The summed E-state index contributed by atoms with van der Waals surface area (Å²) in [7, 11) is 0. The van der Waals surface area contributed by atoms with E-state index in [1.807, 2.05) is 24.3 Å². The van der Waals surface area contributed by atoms with Gasteiger partial charge in [0, 0.05) is 10.1 Å². The van der Waals surface area contributed by atoms with E-state index < -0.39 is 6.04 Å². The molecule has 0 radical (unpaired) electrons. The van der Waals surface area contributed by atoms with Crippen LogP contribution in [0.15, 0.2) is 24.3 Å². The molecule has 0 saturated heterocycles. The molecule has 0 amide bonds. The third-order valence-corrected chi connectivity index (χ3v) is 3.42. The van der Waals surface area contributed by atoms with E-state index in [-0.39, 0.29) is 12.4 Å². The van der Waals surface area contributed by atoms with Crippen LogP contribution in [0.1, 0.15) is 10.9 Å². The molecular weight excluding hydrogens is 198 g/mol. The second-order valence-corrected chi connectivity index (χ2v) is 4.18. The fraction of sp³-hybridized carbons (Fsp3) is 0.200. The Morgan fingerprint density at radius 1 is 1.36 bits per heavy atom. The Kier molecular flexibility index (Phi) is 2.41. The van der Waals surface area contributed by atoms with Crippen LogP contribution < -0.4 is 5.73 Å². The Bertz CT molecular complexity index is 452. The first kappa shape index (κ1) is 9.45. The van der Waals surface area contributed by atoms with Gasteiger partial charge in [-0.15, -0.1) is 11.3 Å². The molecule has 14 heavy (non-hydrogen) atoms. The summed E-state index contributed by atoms with van der Waals surface area (Å²) < 4.78 is 0.990. The van der Waals surface area contributed by atoms with Gasteiger partial charge in [0.05, 0.1) is 17.5 Å². The summed E-state index contributed by atoms with van der Waals surface area (Å²) in [4.78, 5) is 0.647. The SMILES string of the molecule is NC(CO)c1sc2ccccc2c1O. The summed E-state index contributed by atoms with van der Waals surface area (Å²) in [6, 6.07) is 7.05. The maximum absolute atomic E-state index is 9.81. The summed E-state index contributed by atoms with van der Waals surface area (Å²) in [5.41, 5.74) is 5.66. The van der Waals surface area contributed by atoms with Gasteiger partial charge < -0.3 is 15.9 Å². The molecule has 0 aliphatic heterocycles. The van der Waals surface area contributed by atoms with Crippen molar-refractivity contribution in [3.05, 3.63) is 29.1 Å². The number of benzene rings is 1. The van der Waals surface area contributed by atoms with Gasteiger partial charge in [-0.25, -0.2) is 0 Å². The molecule has 2 aromatic rings. The molecule has 4 heteroatoms. The van der Waals surface area contributed by atoms with Gasteiger partial charge in [0.25, 0.3) is 0 Å². The first-order valence-electron chi connectivity index (χ1n) is 4.31. The lowest BCUT2D eigenvalue weighted by Gasteiger charge is -2.04. The largest absolute Gasteiger partial charge is 0.506 e. The van der Waals surface area contributed by atoms with Crippen molar-refractivity contribution in [2.45, 2.75) is 6.04 Å². The van der Waals surface area contributed by atoms with Crippen LogP contribution in [0.2, 0.25) is 0 Å². The van der Waals surface area contributed by atoms with E-state index in [0.717, 1.165) is 10.1 Å². The minimum Gasteiger partial charge on any atom is -0.506 e. The van der Waals surface area contributed by atoms with Crippen molar-refractivity contribution >= 4 is 21.4 Å². The van der Waals surface area contributed by atoms with E-state index in [9.17, 15) is 5.11 Å². The quantitative estimate of drug-likeness (QED) is 0.703. The average molecular weight is 209 g/mol. The van der Waals surface area contributed by atoms with Gasteiger partial charge in [-0.05, 0) is 12.1 Å². The van der Waals surface area contributed by atoms with Gasteiger partial charge in [-0.2, -0.15) is 0 Å². The van der Waals surface area contributed by atoms with Crippen molar-refractivity contribution in [2.75, 3.05) is 6.61 Å². The molecule has 1 aromatic heterocycles. The second kappa shape index (κ2) is 3.57. The second-order valence-electron chi connectivity index (χ2n) is 3.10. The normalized spacial score (nSPS) is 13.3. The fourth-order valence-corrected chi connectivity index (χ4v) is 2.48. The lowest BCUT2D eigenvalue weighted by atomic mass is 10.2. The minimum absolute atomic E-state index is 0.152. The average Bonchev–Trinajstić information content (AvgIpc) is 2.56. The van der Waals surface area contributed by atoms with Crippen LogP contribution in [0, 0.1) is 0 Å². The molecule has 3 nitrogen and oxygen atoms in total. The number of aliphatic hydroxyl groups is 1. The molecule has 1 unspecified atom stereocenters. The molecule has 0 saturated carbocycles. The lowest BCUT2D eigenvalue weighted by molar-refractivity contribution is 0.267. The summed E-state index contributed by atoms with van der Waals surface area (Å²) in [5, 5.41) is 19.5. The highest BCUT2D eigenvalue weighted by molar-refractivity contribution is 7.19. The van der Waals surface area contributed by atoms with E-state index in [1.165, 1.54) is 11.3 Å². The van der Waals surface area contributed by atoms with Crippen molar-refractivity contribution < 1.29 is 10.2 Å². The monoisotopic (exact) mass is 209 g/mol. The van der Waals surface area contributed by atoms with E-state index in [4.69, 9.17) is 10.8 Å². The van der Waals surface area contributed by atoms with E-state index >= 15 is 0 Å². The highest BCUT2D eigenvalue weighted by Crippen LogP contribution is 2.39. The molecule has 74 valence electrons. The van der Waals surface area contributed by atoms with Gasteiger partial charge in [-0.1, -0.05) is 12.1 Å². The molecule has 4 N–H and O–H groups in total. The highest BCUT2D eigenvalue weighted by Gasteiger charge is 2.15. The zero-order chi connectivity index (χ0) is 10.1. The van der Waals surface area contributed by atoms with Gasteiger partial charge in [-0.3, -0.25) is 0 Å². The predicted molar refractivity (Wildman–Crippen MR) is 57.5 cm³/mol. The summed E-state index contributed by atoms with van der Waals surface area (Å²) in [6.07, 6.45) is 0. The third kappa shape index (κ3) is 1.37. The van der Waals surface area contributed by atoms with E-state index in [0.29, 0.717) is 4.88 Å². The Hall–Kier alpha value is -1.10. The van der Waals surface area contributed by atoms with Crippen LogP contribution in [0.4, 0.5) is 0 Å². The number of nitrogens with two attached hydrogens (primary N) is 1. The predicted octanol–water partition coefficient (Wildman–Crippen LogP) is 1.60. The Morgan fingerprint density at radius 3 is 2.71 bits per heavy atom. The van der Waals surface area contributed by atoms with Crippen LogP contribution in [-0.4, -0.2) is 16.8 Å². The molecule has 2 rings (SSSR count). The molecule has 1 aromatic carbocycles. The number of fused-ring (bicyclic) bond motifs is 1. The Labute approximate surface area is 85.4 Å². The molecule has 0 fully saturated rings. The lowest BCUT2D eigenvalue weighted by Crippen LogP contribution is -2.12. The molecule has 0 aliphatic carbocycles. The van der Waals surface area contributed by atoms with E-state index in [2.05, 4.69) is 0 Å². The van der Waals surface area contributed by atoms with Crippen LogP contribution in [0.3, 0.4) is 0 Å². The van der Waals surface area contributed by atoms with Gasteiger partial charge >= 0.3 is 0 Å². The molecule has 0 bridgehead atoms. The van der Waals surface area contributed by atoms with Crippen molar-refractivity contribution in [3.63, 3.8) is 0 Å². The minimum atomic E-state index is -0.493. The Morgan fingerprint density at radius 2 is 2.07 bits per heavy atom. The molecule has 0 aliphatic rings. The van der Waals surface area contributed by atoms with Crippen LogP contribution in [-0.2, 0) is 0 Å². The molecular formula is C10H11NO2S. The maximum Gasteiger partial charge on any atom is 0.139 e. The van der Waals surface area contributed by atoms with Crippen molar-refractivity contribution in [1.82, 2.24) is 0 Å². The third-order valence-electron chi connectivity index (χ3n) is 2.13. The Balaban J connectivity index is 2.62. The van der Waals surface area contributed by atoms with Crippen molar-refractivity contribution in [2.24, 2.45) is 5.73 Å². The van der Waals surface area contributed by atoms with Gasteiger partial charge in [0.2, 0.25) is 0 Å².